The van der Waals surface area contributed by atoms with Crippen LogP contribution in [0.15, 0.2) is 52.0 Å². The van der Waals surface area contributed by atoms with Crippen LogP contribution in [0.1, 0.15) is 30.1 Å². The van der Waals surface area contributed by atoms with E-state index in [9.17, 15) is 4.79 Å². The molecule has 1 aliphatic carbocycles. The number of thioether (sulfide) groups is 1. The third-order valence-electron chi connectivity index (χ3n) is 4.63. The normalized spacial score (nSPS) is 18.7. The van der Waals surface area contributed by atoms with Crippen LogP contribution in [-0.2, 0) is 4.79 Å². The second-order valence-corrected chi connectivity index (χ2v) is 8.22. The number of aromatic nitrogens is 1. The Kier molecular flexibility index (Phi) is 3.69. The highest BCUT2D eigenvalue weighted by atomic mass is 32.2. The molecule has 3 aromatic rings. The third kappa shape index (κ3) is 2.85. The van der Waals surface area contributed by atoms with Crippen molar-refractivity contribution in [1.82, 2.24) is 10.3 Å². The van der Waals surface area contributed by atoms with E-state index < -0.39 is 0 Å². The Morgan fingerprint density at radius 1 is 1.23 bits per heavy atom. The Balaban J connectivity index is 1.54. The Labute approximate surface area is 159 Å². The van der Waals surface area contributed by atoms with Gasteiger partial charge in [0.2, 0.25) is 0 Å². The number of pyridine rings is 1. The molecule has 2 fully saturated rings. The first-order chi connectivity index (χ1) is 12.7. The topological polar surface area (TPSA) is 55.1 Å². The highest BCUT2D eigenvalue weighted by Gasteiger charge is 2.24. The summed E-state index contributed by atoms with van der Waals surface area (Å²) in [6, 6.07) is 10.5. The summed E-state index contributed by atoms with van der Waals surface area (Å²) in [4.78, 5) is 16.7. The predicted molar refractivity (Wildman–Crippen MR) is 108 cm³/mol. The van der Waals surface area contributed by atoms with Gasteiger partial charge in [-0.2, -0.15) is 0 Å². The first kappa shape index (κ1) is 15.8. The van der Waals surface area contributed by atoms with Crippen LogP contribution in [0.5, 0.6) is 0 Å². The molecule has 4 nitrogen and oxygen atoms in total. The quantitative estimate of drug-likeness (QED) is 0.521. The van der Waals surface area contributed by atoms with E-state index in [4.69, 9.17) is 16.6 Å². The molecule has 6 heteroatoms. The number of fused-ring (bicyclic) bond motifs is 1. The Hall–Kier alpha value is -2.44. The number of hydrogen-bond donors (Lipinski definition) is 1. The molecule has 1 aliphatic heterocycles. The van der Waals surface area contributed by atoms with Gasteiger partial charge in [-0.1, -0.05) is 48.2 Å². The highest BCUT2D eigenvalue weighted by Crippen LogP contribution is 2.41. The second-order valence-electron chi connectivity index (χ2n) is 6.50. The summed E-state index contributed by atoms with van der Waals surface area (Å²) in [5.74, 6) is 1.17. The van der Waals surface area contributed by atoms with Crippen molar-refractivity contribution in [2.75, 3.05) is 0 Å². The second kappa shape index (κ2) is 6.07. The van der Waals surface area contributed by atoms with Gasteiger partial charge in [-0.05, 0) is 36.0 Å². The number of hydrogen-bond acceptors (Lipinski definition) is 5. The molecule has 0 radical (unpaired) electrons. The van der Waals surface area contributed by atoms with Gasteiger partial charge in [0.25, 0.3) is 5.91 Å². The largest absolute Gasteiger partial charge is 0.456 e. The smallest absolute Gasteiger partial charge is 0.263 e. The molecule has 1 aromatic carbocycles. The fraction of sp³-hybridized carbons (Fsp3) is 0.150. The summed E-state index contributed by atoms with van der Waals surface area (Å²) >= 11 is 6.27. The van der Waals surface area contributed by atoms with Crippen molar-refractivity contribution < 1.29 is 9.21 Å². The molecule has 1 amide bonds. The highest BCUT2D eigenvalue weighted by molar-refractivity contribution is 8.26. The lowest BCUT2D eigenvalue weighted by Gasteiger charge is -2.04. The summed E-state index contributed by atoms with van der Waals surface area (Å²) < 4.78 is 6.50. The van der Waals surface area contributed by atoms with E-state index in [-0.39, 0.29) is 5.91 Å². The number of carbonyl (C=O) groups excluding carboxylic acids is 1. The van der Waals surface area contributed by atoms with Crippen LogP contribution in [0.3, 0.4) is 0 Å². The van der Waals surface area contributed by atoms with E-state index in [2.05, 4.69) is 34.6 Å². The van der Waals surface area contributed by atoms with Crippen LogP contribution in [0.2, 0.25) is 0 Å². The van der Waals surface area contributed by atoms with Crippen molar-refractivity contribution in [1.29, 1.82) is 0 Å². The van der Waals surface area contributed by atoms with Crippen LogP contribution >= 0.6 is 24.0 Å². The lowest BCUT2D eigenvalue weighted by atomic mass is 10.0. The number of benzene rings is 1. The van der Waals surface area contributed by atoms with Crippen molar-refractivity contribution in [2.45, 2.75) is 18.8 Å². The first-order valence-corrected chi connectivity index (χ1v) is 9.62. The van der Waals surface area contributed by atoms with Gasteiger partial charge in [0.05, 0.1) is 4.91 Å². The maximum absolute atomic E-state index is 11.8. The standard InChI is InChI=1S/C20H14N2O2S2/c23-19-17(26-20(25)22-19)8-15-7-14-9-21-10-16(18(14)24-15)13-5-3-12(4-6-13)11-1-2-11/h3-11H,1-2H2,(H,22,23,25)/b17-8+. The van der Waals surface area contributed by atoms with Crippen LogP contribution in [0, 0.1) is 0 Å². The van der Waals surface area contributed by atoms with E-state index in [1.54, 1.807) is 12.3 Å². The van der Waals surface area contributed by atoms with E-state index in [0.717, 1.165) is 28.0 Å². The van der Waals surface area contributed by atoms with E-state index in [1.807, 2.05) is 12.3 Å². The average molecular weight is 378 g/mol. The van der Waals surface area contributed by atoms with Gasteiger partial charge in [0.15, 0.2) is 0 Å². The molecular weight excluding hydrogens is 364 g/mol. The van der Waals surface area contributed by atoms with Crippen LogP contribution in [0.25, 0.3) is 28.2 Å². The van der Waals surface area contributed by atoms with Crippen LogP contribution in [0.4, 0.5) is 0 Å². The lowest BCUT2D eigenvalue weighted by Crippen LogP contribution is -2.17. The zero-order chi connectivity index (χ0) is 17.7. The lowest BCUT2D eigenvalue weighted by molar-refractivity contribution is -0.115. The molecule has 1 saturated carbocycles. The molecule has 1 N–H and O–H groups in total. The fourth-order valence-electron chi connectivity index (χ4n) is 3.16. The zero-order valence-corrected chi connectivity index (χ0v) is 15.3. The number of nitrogens with one attached hydrogen (secondary N) is 1. The van der Waals surface area contributed by atoms with Crippen molar-refractivity contribution in [3.8, 4) is 11.1 Å². The van der Waals surface area contributed by atoms with Gasteiger partial charge >= 0.3 is 0 Å². The van der Waals surface area contributed by atoms with Gasteiger partial charge in [0, 0.05) is 29.4 Å². The Morgan fingerprint density at radius 2 is 2.04 bits per heavy atom. The molecule has 0 unspecified atom stereocenters. The minimum absolute atomic E-state index is 0.186. The number of nitrogens with zero attached hydrogens (tertiary/aromatic N) is 1. The van der Waals surface area contributed by atoms with Crippen molar-refractivity contribution in [3.63, 3.8) is 0 Å². The maximum Gasteiger partial charge on any atom is 0.263 e. The number of amides is 1. The molecule has 2 aromatic heterocycles. The Morgan fingerprint density at radius 3 is 2.73 bits per heavy atom. The third-order valence-corrected chi connectivity index (χ3v) is 5.79. The summed E-state index contributed by atoms with van der Waals surface area (Å²) in [5, 5.41) is 3.52. The van der Waals surface area contributed by atoms with Crippen molar-refractivity contribution in [2.24, 2.45) is 0 Å². The Bertz CT molecular complexity index is 1080. The molecule has 26 heavy (non-hydrogen) atoms. The maximum atomic E-state index is 11.8. The minimum atomic E-state index is -0.186. The van der Waals surface area contributed by atoms with Gasteiger partial charge in [-0.15, -0.1) is 0 Å². The van der Waals surface area contributed by atoms with E-state index in [1.165, 1.54) is 30.2 Å². The van der Waals surface area contributed by atoms with Gasteiger partial charge in [-0.25, -0.2) is 0 Å². The van der Waals surface area contributed by atoms with Gasteiger partial charge in [-0.3, -0.25) is 9.78 Å². The minimum Gasteiger partial charge on any atom is -0.456 e. The van der Waals surface area contributed by atoms with Gasteiger partial charge < -0.3 is 9.73 Å². The fourth-order valence-corrected chi connectivity index (χ4v) is 4.18. The summed E-state index contributed by atoms with van der Waals surface area (Å²) in [5.41, 5.74) is 4.21. The van der Waals surface area contributed by atoms with E-state index in [0.29, 0.717) is 15.0 Å². The summed E-state index contributed by atoms with van der Waals surface area (Å²) in [6.07, 6.45) is 7.90. The molecule has 1 saturated heterocycles. The molecule has 5 rings (SSSR count). The van der Waals surface area contributed by atoms with Crippen LogP contribution < -0.4 is 5.32 Å². The first-order valence-electron chi connectivity index (χ1n) is 8.40. The number of rotatable bonds is 3. The predicted octanol–water partition coefficient (Wildman–Crippen LogP) is 4.86. The molecular formula is C20H14N2O2S2. The number of carbonyl (C=O) groups is 1. The van der Waals surface area contributed by atoms with E-state index >= 15 is 0 Å². The molecule has 128 valence electrons. The molecule has 0 bridgehead atoms. The summed E-state index contributed by atoms with van der Waals surface area (Å²) in [6.45, 7) is 0. The number of thiocarbonyl (C=S) groups is 1. The van der Waals surface area contributed by atoms with Crippen molar-refractivity contribution in [3.05, 3.63) is 59.0 Å². The van der Waals surface area contributed by atoms with Gasteiger partial charge in [0.1, 0.15) is 15.7 Å². The summed E-state index contributed by atoms with van der Waals surface area (Å²) in [7, 11) is 0. The average Bonchev–Trinajstić information content (AvgIpc) is 3.33. The number of furan rings is 1. The van der Waals surface area contributed by atoms with Crippen molar-refractivity contribution >= 4 is 51.3 Å². The zero-order valence-electron chi connectivity index (χ0n) is 13.7. The SMILES string of the molecule is O=C1NC(=S)S/C1=C/c1cc2cncc(-c3ccc(C4CC4)cc3)c2o1. The molecule has 0 atom stereocenters. The molecule has 3 heterocycles. The molecule has 2 aliphatic rings. The monoisotopic (exact) mass is 378 g/mol. The van der Waals surface area contributed by atoms with Crippen LogP contribution in [-0.4, -0.2) is 15.2 Å². The molecule has 0 spiro atoms.